The number of hydrogen-bond donors (Lipinski definition) is 0. The minimum absolute atomic E-state index is 0.0132. The van der Waals surface area contributed by atoms with Crippen LogP contribution < -0.4 is 0 Å². The van der Waals surface area contributed by atoms with Crippen molar-refractivity contribution < 1.29 is 16.8 Å². The van der Waals surface area contributed by atoms with Crippen LogP contribution in [0, 0.1) is 6.92 Å². The Morgan fingerprint density at radius 1 is 0.923 bits per heavy atom. The van der Waals surface area contributed by atoms with Crippen LogP contribution in [-0.2, 0) is 19.9 Å². The zero-order valence-electron chi connectivity index (χ0n) is 14.9. The topological polar surface area (TPSA) is 71.5 Å². The summed E-state index contributed by atoms with van der Waals surface area (Å²) in [5.74, 6) is -0.0132. The van der Waals surface area contributed by atoms with Crippen LogP contribution in [0.3, 0.4) is 0 Å². The zero-order valence-corrected chi connectivity index (χ0v) is 16.6. The normalized spacial score (nSPS) is 18.9. The summed E-state index contributed by atoms with van der Waals surface area (Å²) in [5, 5.41) is 0. The van der Waals surface area contributed by atoms with Gasteiger partial charge in [0.05, 0.1) is 21.6 Å². The van der Waals surface area contributed by atoms with Gasteiger partial charge in [-0.05, 0) is 49.6 Å². The average molecular weight is 394 g/mol. The van der Waals surface area contributed by atoms with E-state index >= 15 is 0 Å². The van der Waals surface area contributed by atoms with Crippen LogP contribution >= 0.6 is 0 Å². The highest BCUT2D eigenvalue weighted by atomic mass is 32.2. The van der Waals surface area contributed by atoms with Gasteiger partial charge in [0.2, 0.25) is 10.0 Å². The molecule has 1 aliphatic rings. The van der Waals surface area contributed by atoms with Crippen molar-refractivity contribution in [1.82, 2.24) is 4.31 Å². The smallest absolute Gasteiger partial charge is 0.224 e. The summed E-state index contributed by atoms with van der Waals surface area (Å²) >= 11 is 0. The first kappa shape index (κ1) is 19.1. The molecule has 1 saturated heterocycles. The highest BCUT2D eigenvalue weighted by molar-refractivity contribution is 7.91. The molecule has 26 heavy (non-hydrogen) atoms. The van der Waals surface area contributed by atoms with Crippen molar-refractivity contribution in [2.24, 2.45) is 0 Å². The molecule has 0 saturated carbocycles. The fourth-order valence-electron chi connectivity index (χ4n) is 3.27. The molecule has 0 amide bonds. The number of rotatable bonds is 5. The van der Waals surface area contributed by atoms with Gasteiger partial charge in [0, 0.05) is 6.54 Å². The van der Waals surface area contributed by atoms with Gasteiger partial charge in [-0.1, -0.05) is 36.8 Å². The van der Waals surface area contributed by atoms with E-state index in [4.69, 9.17) is 0 Å². The minimum Gasteiger partial charge on any atom is -0.224 e. The number of hydrogen-bond acceptors (Lipinski definition) is 4. The van der Waals surface area contributed by atoms with Gasteiger partial charge in [-0.25, -0.2) is 16.8 Å². The Labute approximate surface area is 155 Å². The van der Waals surface area contributed by atoms with Gasteiger partial charge in [-0.3, -0.25) is 0 Å². The zero-order chi connectivity index (χ0) is 18.9. The molecule has 5 nitrogen and oxygen atoms in total. The average Bonchev–Trinajstić information content (AvgIpc) is 3.13. The van der Waals surface area contributed by atoms with Crippen molar-refractivity contribution in [3.8, 4) is 0 Å². The molecule has 2 aromatic carbocycles. The molecule has 140 valence electrons. The first-order valence-electron chi connectivity index (χ1n) is 8.67. The summed E-state index contributed by atoms with van der Waals surface area (Å²) in [7, 11) is -7.02. The summed E-state index contributed by atoms with van der Waals surface area (Å²) in [6, 6.07) is 13.3. The van der Waals surface area contributed by atoms with E-state index in [1.807, 2.05) is 31.2 Å². The van der Waals surface area contributed by atoms with Crippen LogP contribution in [0.25, 0.3) is 0 Å². The highest BCUT2D eigenvalue weighted by Crippen LogP contribution is 2.36. The number of sulfone groups is 1. The Bertz CT molecular complexity index is 979. The lowest BCUT2D eigenvalue weighted by Gasteiger charge is -2.24. The molecule has 3 rings (SSSR count). The third kappa shape index (κ3) is 3.56. The lowest BCUT2D eigenvalue weighted by atomic mass is 10.0. The van der Waals surface area contributed by atoms with Crippen LogP contribution in [0.1, 0.15) is 36.9 Å². The highest BCUT2D eigenvalue weighted by Gasteiger charge is 2.36. The summed E-state index contributed by atoms with van der Waals surface area (Å²) < 4.78 is 51.6. The molecular formula is C19H23NO4S2. The van der Waals surface area contributed by atoms with E-state index in [-0.39, 0.29) is 21.6 Å². The molecule has 7 heteroatoms. The molecule has 1 atom stereocenters. The monoisotopic (exact) mass is 393 g/mol. The van der Waals surface area contributed by atoms with Gasteiger partial charge in [-0.2, -0.15) is 4.31 Å². The van der Waals surface area contributed by atoms with E-state index in [0.29, 0.717) is 6.54 Å². The summed E-state index contributed by atoms with van der Waals surface area (Å²) in [6.07, 6.45) is 1.59. The maximum absolute atomic E-state index is 13.1. The molecule has 0 radical (unpaired) electrons. The van der Waals surface area contributed by atoms with E-state index < -0.39 is 19.9 Å². The molecule has 1 heterocycles. The standard InChI is InChI=1S/C19H23NO4S2/c1-3-25(21,22)17-10-12-18(13-11-17)26(23,24)20-14-4-5-19(20)16-8-6-15(2)7-9-16/h6-13,19H,3-5,14H2,1-2H3. The van der Waals surface area contributed by atoms with Crippen molar-refractivity contribution in [3.05, 3.63) is 59.7 Å². The number of aryl methyl sites for hydroxylation is 1. The van der Waals surface area contributed by atoms with E-state index in [1.54, 1.807) is 6.92 Å². The van der Waals surface area contributed by atoms with Crippen LogP contribution in [-0.4, -0.2) is 33.4 Å². The molecular weight excluding hydrogens is 370 g/mol. The maximum atomic E-state index is 13.1. The Kier molecular flexibility index (Phi) is 5.23. The van der Waals surface area contributed by atoms with Crippen LogP contribution in [0.2, 0.25) is 0 Å². The molecule has 1 fully saturated rings. The fourth-order valence-corrected chi connectivity index (χ4v) is 5.84. The Balaban J connectivity index is 1.93. The van der Waals surface area contributed by atoms with Gasteiger partial charge < -0.3 is 0 Å². The first-order valence-corrected chi connectivity index (χ1v) is 11.8. The van der Waals surface area contributed by atoms with Crippen molar-refractivity contribution in [2.45, 2.75) is 42.5 Å². The van der Waals surface area contributed by atoms with Crippen molar-refractivity contribution in [3.63, 3.8) is 0 Å². The Hall–Kier alpha value is -1.70. The summed E-state index contributed by atoms with van der Waals surface area (Å²) in [6.45, 7) is 4.03. The van der Waals surface area contributed by atoms with Crippen LogP contribution in [0.4, 0.5) is 0 Å². The van der Waals surface area contributed by atoms with Crippen molar-refractivity contribution >= 4 is 19.9 Å². The van der Waals surface area contributed by atoms with Crippen LogP contribution in [0.15, 0.2) is 58.3 Å². The molecule has 0 bridgehead atoms. The lowest BCUT2D eigenvalue weighted by Crippen LogP contribution is -2.30. The predicted octanol–water partition coefficient (Wildman–Crippen LogP) is 3.31. The SMILES string of the molecule is CCS(=O)(=O)c1ccc(S(=O)(=O)N2CCCC2c2ccc(C)cc2)cc1. The number of sulfonamides is 1. The minimum atomic E-state index is -3.68. The molecule has 0 N–H and O–H groups in total. The van der Waals surface area contributed by atoms with Gasteiger partial charge in [0.15, 0.2) is 9.84 Å². The van der Waals surface area contributed by atoms with Gasteiger partial charge in [0.1, 0.15) is 0 Å². The summed E-state index contributed by atoms with van der Waals surface area (Å²) in [5.41, 5.74) is 2.12. The van der Waals surface area contributed by atoms with E-state index in [9.17, 15) is 16.8 Å². The second-order valence-corrected chi connectivity index (χ2v) is 10.7. The molecule has 1 unspecified atom stereocenters. The molecule has 0 aromatic heterocycles. The van der Waals surface area contributed by atoms with Gasteiger partial charge >= 0.3 is 0 Å². The largest absolute Gasteiger partial charge is 0.243 e. The van der Waals surface area contributed by atoms with E-state index in [0.717, 1.165) is 24.0 Å². The molecule has 1 aliphatic heterocycles. The first-order chi connectivity index (χ1) is 12.3. The van der Waals surface area contributed by atoms with Crippen molar-refractivity contribution in [2.75, 3.05) is 12.3 Å². The van der Waals surface area contributed by atoms with Crippen molar-refractivity contribution in [1.29, 1.82) is 0 Å². The fraction of sp³-hybridized carbons (Fsp3) is 0.368. The second-order valence-electron chi connectivity index (χ2n) is 6.56. The predicted molar refractivity (Wildman–Crippen MR) is 101 cm³/mol. The second kappa shape index (κ2) is 7.13. The van der Waals surface area contributed by atoms with Gasteiger partial charge in [-0.15, -0.1) is 0 Å². The van der Waals surface area contributed by atoms with E-state index in [1.165, 1.54) is 28.6 Å². The molecule has 0 aliphatic carbocycles. The Morgan fingerprint density at radius 2 is 1.50 bits per heavy atom. The maximum Gasteiger partial charge on any atom is 0.243 e. The van der Waals surface area contributed by atoms with Crippen LogP contribution in [0.5, 0.6) is 0 Å². The third-order valence-electron chi connectivity index (χ3n) is 4.84. The molecule has 2 aromatic rings. The summed E-state index contributed by atoms with van der Waals surface area (Å²) in [4.78, 5) is 0.280. The molecule has 0 spiro atoms. The number of benzene rings is 2. The lowest BCUT2D eigenvalue weighted by molar-refractivity contribution is 0.396. The van der Waals surface area contributed by atoms with Gasteiger partial charge in [0.25, 0.3) is 0 Å². The van der Waals surface area contributed by atoms with E-state index in [2.05, 4.69) is 0 Å². The number of nitrogens with zero attached hydrogens (tertiary/aromatic N) is 1. The third-order valence-corrected chi connectivity index (χ3v) is 8.51. The Morgan fingerprint density at radius 3 is 2.08 bits per heavy atom. The quantitative estimate of drug-likeness (QED) is 0.781.